The fraction of sp³-hybridized carbons (Fsp3) is 0.824. The lowest BCUT2D eigenvalue weighted by atomic mass is 9.95. The molecule has 8 heteroatoms. The molecule has 0 aromatic carbocycles. The number of aromatic nitrogens is 2. The number of guanidine groups is 1. The highest BCUT2D eigenvalue weighted by molar-refractivity contribution is 7.99. The van der Waals surface area contributed by atoms with Gasteiger partial charge in [0.05, 0.1) is 6.54 Å². The molecule has 1 aliphatic rings. The molecule has 0 amide bonds. The van der Waals surface area contributed by atoms with E-state index in [1.54, 1.807) is 7.05 Å². The van der Waals surface area contributed by atoms with Crippen LogP contribution in [-0.4, -0.2) is 46.8 Å². The monoisotopic (exact) mass is 369 g/mol. The van der Waals surface area contributed by atoms with Crippen molar-refractivity contribution in [1.82, 2.24) is 20.8 Å². The average molecular weight is 370 g/mol. The quantitative estimate of drug-likeness (QED) is 0.538. The summed E-state index contributed by atoms with van der Waals surface area (Å²) in [6.07, 6.45) is 4.82. The third-order valence-electron chi connectivity index (χ3n) is 4.26. The molecule has 1 aromatic heterocycles. The Labute approximate surface area is 154 Å². The second kappa shape index (κ2) is 10.7. The van der Waals surface area contributed by atoms with Crippen molar-refractivity contribution in [3.8, 4) is 0 Å². The van der Waals surface area contributed by atoms with Gasteiger partial charge in [-0.3, -0.25) is 4.99 Å². The first kappa shape index (κ1) is 20.0. The van der Waals surface area contributed by atoms with Crippen molar-refractivity contribution in [2.24, 2.45) is 4.99 Å². The van der Waals surface area contributed by atoms with Crippen LogP contribution in [-0.2, 0) is 11.3 Å². The van der Waals surface area contributed by atoms with Gasteiger partial charge in [-0.2, -0.15) is 16.7 Å². The van der Waals surface area contributed by atoms with Crippen LogP contribution in [0.1, 0.15) is 64.3 Å². The lowest BCUT2D eigenvalue weighted by molar-refractivity contribution is 0.0683. The highest BCUT2D eigenvalue weighted by Crippen LogP contribution is 2.28. The Hall–Kier alpha value is -1.28. The maximum Gasteiger partial charge on any atom is 0.246 e. The maximum atomic E-state index is 5.47. The topological polar surface area (TPSA) is 84.6 Å². The fourth-order valence-electron chi connectivity index (χ4n) is 3.04. The summed E-state index contributed by atoms with van der Waals surface area (Å²) >= 11 is 2.06. The number of rotatable bonds is 8. The molecule has 0 bridgehead atoms. The lowest BCUT2D eigenvalue weighted by Crippen LogP contribution is -2.45. The highest BCUT2D eigenvalue weighted by atomic mass is 32.2. The Balaban J connectivity index is 1.80. The van der Waals surface area contributed by atoms with Crippen LogP contribution in [0.3, 0.4) is 0 Å². The molecule has 0 spiro atoms. The number of hydrogen-bond donors (Lipinski definition) is 2. The van der Waals surface area contributed by atoms with Gasteiger partial charge in [0.1, 0.15) is 6.10 Å². The van der Waals surface area contributed by atoms with Gasteiger partial charge in [0.2, 0.25) is 5.89 Å². The summed E-state index contributed by atoms with van der Waals surface area (Å²) in [5.74, 6) is 3.08. The molecule has 25 heavy (non-hydrogen) atoms. The van der Waals surface area contributed by atoms with E-state index < -0.39 is 0 Å². The predicted octanol–water partition coefficient (Wildman–Crippen LogP) is 2.90. The van der Waals surface area contributed by atoms with Crippen molar-refractivity contribution in [3.63, 3.8) is 0 Å². The maximum absolute atomic E-state index is 5.47. The zero-order valence-corrected chi connectivity index (χ0v) is 16.6. The third kappa shape index (κ3) is 6.51. The second-order valence-electron chi connectivity index (χ2n) is 6.15. The van der Waals surface area contributed by atoms with E-state index in [4.69, 9.17) is 9.26 Å². The minimum atomic E-state index is -0.157. The number of thioether (sulfide) groups is 1. The molecule has 2 N–H and O–H groups in total. The summed E-state index contributed by atoms with van der Waals surface area (Å²) in [4.78, 5) is 8.68. The van der Waals surface area contributed by atoms with Gasteiger partial charge in [-0.05, 0) is 38.9 Å². The summed E-state index contributed by atoms with van der Waals surface area (Å²) < 4.78 is 10.8. The Morgan fingerprint density at radius 1 is 1.44 bits per heavy atom. The van der Waals surface area contributed by atoms with E-state index in [0.717, 1.165) is 11.2 Å². The molecule has 0 radical (unpaired) electrons. The number of aliphatic imine (C=N–C) groups is 1. The van der Waals surface area contributed by atoms with E-state index in [1.807, 2.05) is 13.8 Å². The Morgan fingerprint density at radius 2 is 2.28 bits per heavy atom. The number of nitrogens with one attached hydrogen (secondary N) is 2. The smallest absolute Gasteiger partial charge is 0.246 e. The van der Waals surface area contributed by atoms with Gasteiger partial charge in [0.25, 0.3) is 0 Å². The zero-order valence-electron chi connectivity index (χ0n) is 15.7. The summed E-state index contributed by atoms with van der Waals surface area (Å²) in [5, 5.41) is 11.5. The number of hydrogen-bond acceptors (Lipinski definition) is 6. The van der Waals surface area contributed by atoms with Crippen molar-refractivity contribution in [2.75, 3.05) is 19.4 Å². The lowest BCUT2D eigenvalue weighted by Gasteiger charge is -2.30. The van der Waals surface area contributed by atoms with Crippen molar-refractivity contribution in [2.45, 2.75) is 70.4 Å². The molecule has 3 unspecified atom stereocenters. The Bertz CT molecular complexity index is 535. The van der Waals surface area contributed by atoms with Crippen LogP contribution in [0.4, 0.5) is 0 Å². The van der Waals surface area contributed by atoms with Gasteiger partial charge in [-0.25, -0.2) is 0 Å². The molecule has 0 aliphatic heterocycles. The molecule has 1 saturated carbocycles. The molecule has 1 fully saturated rings. The molecule has 1 aliphatic carbocycles. The van der Waals surface area contributed by atoms with Crippen LogP contribution in [0.2, 0.25) is 0 Å². The van der Waals surface area contributed by atoms with Crippen LogP contribution in [0.25, 0.3) is 0 Å². The molecule has 2 rings (SSSR count). The van der Waals surface area contributed by atoms with Gasteiger partial charge in [-0.1, -0.05) is 18.5 Å². The van der Waals surface area contributed by atoms with Crippen molar-refractivity contribution >= 4 is 17.7 Å². The zero-order chi connectivity index (χ0) is 18.1. The van der Waals surface area contributed by atoms with Crippen molar-refractivity contribution < 1.29 is 9.26 Å². The first-order valence-corrected chi connectivity index (χ1v) is 10.2. The molecule has 0 saturated heterocycles. The summed E-state index contributed by atoms with van der Waals surface area (Å²) in [6.45, 7) is 7.17. The highest BCUT2D eigenvalue weighted by Gasteiger charge is 2.22. The second-order valence-corrected chi connectivity index (χ2v) is 7.73. The van der Waals surface area contributed by atoms with Crippen LogP contribution in [0.5, 0.6) is 0 Å². The van der Waals surface area contributed by atoms with Gasteiger partial charge >= 0.3 is 0 Å². The Kier molecular flexibility index (Phi) is 8.54. The third-order valence-corrected chi connectivity index (χ3v) is 5.50. The predicted molar refractivity (Wildman–Crippen MR) is 102 cm³/mol. The Morgan fingerprint density at radius 3 is 3.00 bits per heavy atom. The molecule has 1 heterocycles. The molecule has 1 aromatic rings. The first-order valence-electron chi connectivity index (χ1n) is 9.19. The van der Waals surface area contributed by atoms with Crippen LogP contribution in [0.15, 0.2) is 9.52 Å². The molecular weight excluding hydrogens is 338 g/mol. The number of nitrogens with zero attached hydrogens (tertiary/aromatic N) is 3. The van der Waals surface area contributed by atoms with E-state index in [-0.39, 0.29) is 6.10 Å². The van der Waals surface area contributed by atoms with Crippen molar-refractivity contribution in [3.05, 3.63) is 11.7 Å². The van der Waals surface area contributed by atoms with Crippen LogP contribution >= 0.6 is 11.8 Å². The summed E-state index contributed by atoms with van der Waals surface area (Å²) in [6, 6.07) is 0.472. The van der Waals surface area contributed by atoms with E-state index in [2.05, 4.69) is 44.5 Å². The minimum absolute atomic E-state index is 0.157. The fourth-order valence-corrected chi connectivity index (χ4v) is 4.21. The van der Waals surface area contributed by atoms with Gasteiger partial charge in [0, 0.05) is 24.9 Å². The molecule has 7 nitrogen and oxygen atoms in total. The summed E-state index contributed by atoms with van der Waals surface area (Å²) in [7, 11) is 1.78. The first-order chi connectivity index (χ1) is 12.2. The van der Waals surface area contributed by atoms with Gasteiger partial charge in [0.15, 0.2) is 11.8 Å². The van der Waals surface area contributed by atoms with Crippen LogP contribution < -0.4 is 10.6 Å². The van der Waals surface area contributed by atoms with E-state index in [1.165, 1.54) is 31.4 Å². The standard InChI is InChI=1S/C17H31N5O2S/c1-5-23-12(3)16-21-15(24-22-16)11-19-17(18-4)20-13-8-7-9-14(10-13)25-6-2/h12-14H,5-11H2,1-4H3,(H2,18,19,20). The molecule has 3 atom stereocenters. The normalized spacial score (nSPS) is 22.6. The SMILES string of the molecule is CCOC(C)c1noc(CNC(=NC)NC2CCCC(SCC)C2)n1. The van der Waals surface area contributed by atoms with E-state index in [9.17, 15) is 0 Å². The number of ether oxygens (including phenoxy) is 1. The molecule has 142 valence electrons. The van der Waals surface area contributed by atoms with E-state index >= 15 is 0 Å². The van der Waals surface area contributed by atoms with Gasteiger partial charge < -0.3 is 19.9 Å². The minimum Gasteiger partial charge on any atom is -0.371 e. The summed E-state index contributed by atoms with van der Waals surface area (Å²) in [5.41, 5.74) is 0. The van der Waals surface area contributed by atoms with Gasteiger partial charge in [-0.15, -0.1) is 0 Å². The largest absolute Gasteiger partial charge is 0.371 e. The van der Waals surface area contributed by atoms with Crippen molar-refractivity contribution in [1.29, 1.82) is 0 Å². The van der Waals surface area contributed by atoms with E-state index in [0.29, 0.717) is 30.9 Å². The average Bonchev–Trinajstić information content (AvgIpc) is 3.08. The molecular formula is C17H31N5O2S. The van der Waals surface area contributed by atoms with Crippen LogP contribution in [0, 0.1) is 0 Å².